The van der Waals surface area contributed by atoms with Gasteiger partial charge in [0.05, 0.1) is 6.04 Å². The molecule has 16 heavy (non-hydrogen) atoms. The minimum absolute atomic E-state index is 0.240. The topological polar surface area (TPSA) is 25.2 Å². The fourth-order valence-electron chi connectivity index (χ4n) is 1.57. The predicted molar refractivity (Wildman–Crippen MR) is 68.8 cm³/mol. The van der Waals surface area contributed by atoms with Crippen molar-refractivity contribution in [1.82, 2.24) is 5.32 Å². The number of nitrogens with one attached hydrogen (secondary N) is 1. The minimum atomic E-state index is 0.240. The first kappa shape index (κ1) is 13.3. The molecule has 90 valence electrons. The Morgan fingerprint density at radius 2 is 2.31 bits per heavy atom. The normalized spacial score (nSPS) is 12.7. The molecule has 1 aromatic rings. The van der Waals surface area contributed by atoms with E-state index in [1.54, 1.807) is 6.07 Å². The SMILES string of the molecule is C=C(C)CCC(NCCC)c1ccc(Cl)o1. The molecule has 0 aromatic carbocycles. The molecule has 0 aliphatic rings. The van der Waals surface area contributed by atoms with Gasteiger partial charge in [0.25, 0.3) is 0 Å². The second kappa shape index (κ2) is 6.77. The number of hydrogen-bond acceptors (Lipinski definition) is 2. The maximum atomic E-state index is 5.79. The average molecular weight is 242 g/mol. The zero-order valence-electron chi connectivity index (χ0n) is 10.1. The van der Waals surface area contributed by atoms with E-state index in [1.807, 2.05) is 13.0 Å². The van der Waals surface area contributed by atoms with Crippen LogP contribution >= 0.6 is 11.6 Å². The van der Waals surface area contributed by atoms with Gasteiger partial charge < -0.3 is 9.73 Å². The van der Waals surface area contributed by atoms with E-state index in [0.29, 0.717) is 5.22 Å². The average Bonchev–Trinajstić information content (AvgIpc) is 2.64. The standard InChI is InChI=1S/C13H20ClNO/c1-4-9-15-11(6-5-10(2)3)12-7-8-13(14)16-12/h7-8,11,15H,2,4-6,9H2,1,3H3. The summed E-state index contributed by atoms with van der Waals surface area (Å²) >= 11 is 5.79. The molecule has 0 spiro atoms. The summed E-state index contributed by atoms with van der Waals surface area (Å²) in [6, 6.07) is 3.97. The number of allylic oxidation sites excluding steroid dienone is 1. The molecule has 0 saturated heterocycles. The van der Waals surface area contributed by atoms with Crippen LogP contribution in [0.4, 0.5) is 0 Å². The lowest BCUT2D eigenvalue weighted by Crippen LogP contribution is -2.21. The largest absolute Gasteiger partial charge is 0.448 e. The Morgan fingerprint density at radius 3 is 2.81 bits per heavy atom. The van der Waals surface area contributed by atoms with Crippen LogP contribution in [0.3, 0.4) is 0 Å². The van der Waals surface area contributed by atoms with E-state index in [2.05, 4.69) is 18.8 Å². The zero-order chi connectivity index (χ0) is 12.0. The van der Waals surface area contributed by atoms with E-state index < -0.39 is 0 Å². The number of hydrogen-bond donors (Lipinski definition) is 1. The summed E-state index contributed by atoms with van der Waals surface area (Å²) < 4.78 is 5.45. The van der Waals surface area contributed by atoms with Crippen LogP contribution in [0.5, 0.6) is 0 Å². The molecule has 0 bridgehead atoms. The first-order valence-corrected chi connectivity index (χ1v) is 6.14. The Hall–Kier alpha value is -0.730. The lowest BCUT2D eigenvalue weighted by Gasteiger charge is -2.16. The molecule has 1 rings (SSSR count). The second-order valence-corrected chi connectivity index (χ2v) is 4.52. The van der Waals surface area contributed by atoms with Crippen LogP contribution in [0, 0.1) is 0 Å². The maximum absolute atomic E-state index is 5.79. The van der Waals surface area contributed by atoms with Crippen LogP contribution in [0.25, 0.3) is 0 Å². The molecule has 0 saturated carbocycles. The highest BCUT2D eigenvalue weighted by molar-refractivity contribution is 6.28. The van der Waals surface area contributed by atoms with Crippen molar-refractivity contribution in [1.29, 1.82) is 0 Å². The van der Waals surface area contributed by atoms with Gasteiger partial charge in [-0.2, -0.15) is 0 Å². The summed E-state index contributed by atoms with van der Waals surface area (Å²) in [6.45, 7) is 9.11. The third-order valence-electron chi connectivity index (χ3n) is 2.44. The summed E-state index contributed by atoms with van der Waals surface area (Å²) in [4.78, 5) is 0. The molecular weight excluding hydrogens is 222 g/mol. The molecule has 0 fully saturated rings. The van der Waals surface area contributed by atoms with Gasteiger partial charge in [0.15, 0.2) is 5.22 Å². The van der Waals surface area contributed by atoms with Gasteiger partial charge in [-0.15, -0.1) is 6.58 Å². The Labute approximate surface area is 103 Å². The molecule has 1 atom stereocenters. The quantitative estimate of drug-likeness (QED) is 0.719. The summed E-state index contributed by atoms with van der Waals surface area (Å²) in [5.74, 6) is 0.916. The van der Waals surface area contributed by atoms with Gasteiger partial charge >= 0.3 is 0 Å². The van der Waals surface area contributed by atoms with Crippen molar-refractivity contribution in [2.75, 3.05) is 6.54 Å². The zero-order valence-corrected chi connectivity index (χ0v) is 10.8. The minimum Gasteiger partial charge on any atom is -0.448 e. The maximum Gasteiger partial charge on any atom is 0.193 e. The molecule has 1 heterocycles. The van der Waals surface area contributed by atoms with Crippen molar-refractivity contribution in [3.8, 4) is 0 Å². The third kappa shape index (κ3) is 4.42. The van der Waals surface area contributed by atoms with E-state index >= 15 is 0 Å². The second-order valence-electron chi connectivity index (χ2n) is 4.14. The molecule has 3 heteroatoms. The highest BCUT2D eigenvalue weighted by Gasteiger charge is 2.14. The van der Waals surface area contributed by atoms with Crippen molar-refractivity contribution in [3.63, 3.8) is 0 Å². The number of rotatable bonds is 7. The Kier molecular flexibility index (Phi) is 5.64. The fraction of sp³-hybridized carbons (Fsp3) is 0.538. The summed E-state index contributed by atoms with van der Waals surface area (Å²) in [5, 5.41) is 3.91. The van der Waals surface area contributed by atoms with E-state index in [4.69, 9.17) is 16.0 Å². The van der Waals surface area contributed by atoms with Crippen molar-refractivity contribution in [2.24, 2.45) is 0 Å². The molecule has 2 nitrogen and oxygen atoms in total. The summed E-state index contributed by atoms with van der Waals surface area (Å²) in [7, 11) is 0. The van der Waals surface area contributed by atoms with Gasteiger partial charge in [-0.3, -0.25) is 0 Å². The number of furan rings is 1. The lowest BCUT2D eigenvalue weighted by molar-refractivity contribution is 0.396. The smallest absolute Gasteiger partial charge is 0.193 e. The van der Waals surface area contributed by atoms with Crippen molar-refractivity contribution in [2.45, 2.75) is 39.2 Å². The molecule has 0 amide bonds. The molecule has 1 unspecified atom stereocenters. The van der Waals surface area contributed by atoms with E-state index in [0.717, 1.165) is 31.6 Å². The van der Waals surface area contributed by atoms with Gasteiger partial charge in [-0.1, -0.05) is 12.5 Å². The van der Waals surface area contributed by atoms with Gasteiger partial charge in [0.2, 0.25) is 0 Å². The van der Waals surface area contributed by atoms with Crippen LogP contribution in [0.2, 0.25) is 5.22 Å². The van der Waals surface area contributed by atoms with Crippen LogP contribution < -0.4 is 5.32 Å². The molecule has 0 aliphatic heterocycles. The number of halogens is 1. The third-order valence-corrected chi connectivity index (χ3v) is 2.64. The Balaban J connectivity index is 2.59. The van der Waals surface area contributed by atoms with Crippen LogP contribution in [-0.2, 0) is 0 Å². The van der Waals surface area contributed by atoms with E-state index in [9.17, 15) is 0 Å². The van der Waals surface area contributed by atoms with Gasteiger partial charge in [-0.25, -0.2) is 0 Å². The highest BCUT2D eigenvalue weighted by atomic mass is 35.5. The van der Waals surface area contributed by atoms with Crippen molar-refractivity contribution < 1.29 is 4.42 Å². The van der Waals surface area contributed by atoms with Crippen molar-refractivity contribution in [3.05, 3.63) is 35.3 Å². The van der Waals surface area contributed by atoms with Crippen molar-refractivity contribution >= 4 is 11.6 Å². The van der Waals surface area contributed by atoms with E-state index in [-0.39, 0.29) is 6.04 Å². The Bertz CT molecular complexity index is 332. The molecule has 0 radical (unpaired) electrons. The van der Waals surface area contributed by atoms with Gasteiger partial charge in [-0.05, 0) is 56.5 Å². The first-order chi connectivity index (χ1) is 7.63. The lowest BCUT2D eigenvalue weighted by atomic mass is 10.1. The van der Waals surface area contributed by atoms with Gasteiger partial charge in [0, 0.05) is 0 Å². The highest BCUT2D eigenvalue weighted by Crippen LogP contribution is 2.24. The summed E-state index contributed by atoms with van der Waals surface area (Å²) in [6.07, 6.45) is 3.11. The summed E-state index contributed by atoms with van der Waals surface area (Å²) in [5.41, 5.74) is 1.20. The molecule has 1 aromatic heterocycles. The van der Waals surface area contributed by atoms with Crippen LogP contribution in [0.1, 0.15) is 44.9 Å². The first-order valence-electron chi connectivity index (χ1n) is 5.76. The Morgan fingerprint density at radius 1 is 1.56 bits per heavy atom. The fourth-order valence-corrected chi connectivity index (χ4v) is 1.72. The predicted octanol–water partition coefficient (Wildman–Crippen LogP) is 4.33. The monoisotopic (exact) mass is 241 g/mol. The molecule has 0 aliphatic carbocycles. The van der Waals surface area contributed by atoms with Crippen LogP contribution in [-0.4, -0.2) is 6.54 Å². The van der Waals surface area contributed by atoms with Crippen LogP contribution in [0.15, 0.2) is 28.7 Å². The van der Waals surface area contributed by atoms with E-state index in [1.165, 1.54) is 5.57 Å². The molecular formula is C13H20ClNO. The molecule has 1 N–H and O–H groups in total. The van der Waals surface area contributed by atoms with Gasteiger partial charge in [0.1, 0.15) is 5.76 Å².